The van der Waals surface area contributed by atoms with E-state index >= 15 is 0 Å². The summed E-state index contributed by atoms with van der Waals surface area (Å²) in [7, 11) is 0. The molecule has 4 atom stereocenters. The minimum Gasteiger partial charge on any atom is -0.394 e. The van der Waals surface area contributed by atoms with Gasteiger partial charge in [-0.3, -0.25) is 9.36 Å². The molecule has 1 aliphatic rings. The zero-order valence-electron chi connectivity index (χ0n) is 10.6. The van der Waals surface area contributed by atoms with Crippen molar-refractivity contribution in [2.45, 2.75) is 31.5 Å². The first kappa shape index (κ1) is 14.4. The van der Waals surface area contributed by atoms with Crippen molar-refractivity contribution in [3.63, 3.8) is 0 Å². The van der Waals surface area contributed by atoms with Gasteiger partial charge in [0.15, 0.2) is 17.7 Å². The fraction of sp³-hybridized carbons (Fsp3) is 0.545. The Hall–Kier alpha value is -1.99. The predicted octanol–water partition coefficient (Wildman–Crippen LogP) is -1.68. The molecule has 0 spiro atoms. The highest BCUT2D eigenvalue weighted by molar-refractivity contribution is 5.88. The Labute approximate surface area is 114 Å². The molecule has 0 aromatic carbocycles. The molecule has 1 saturated heterocycles. The number of amides is 1. The van der Waals surface area contributed by atoms with Crippen molar-refractivity contribution < 1.29 is 24.9 Å². The molecule has 2 heterocycles. The summed E-state index contributed by atoms with van der Waals surface area (Å²) in [5, 5.41) is 40.0. The van der Waals surface area contributed by atoms with E-state index in [1.54, 1.807) is 6.07 Å². The maximum absolute atomic E-state index is 11.2. The molecule has 20 heavy (non-hydrogen) atoms. The normalized spacial score (nSPS) is 29.1. The smallest absolute Gasteiger partial charge is 0.222 e. The first-order valence-corrected chi connectivity index (χ1v) is 5.86. The van der Waals surface area contributed by atoms with Crippen LogP contribution in [0.2, 0.25) is 0 Å². The molecule has 9 heteroatoms. The SMILES string of the molecule is CC(=O)Nc1c(C#N)ncn1C1OC(CO)C(O)C1O. The number of ether oxygens (including phenoxy) is 1. The number of aliphatic hydroxyl groups is 3. The van der Waals surface area contributed by atoms with Crippen LogP contribution in [0.5, 0.6) is 0 Å². The molecular weight excluding hydrogens is 268 g/mol. The molecule has 2 rings (SSSR count). The number of hydrogen-bond donors (Lipinski definition) is 4. The van der Waals surface area contributed by atoms with Crippen LogP contribution in [0.4, 0.5) is 5.82 Å². The first-order chi connectivity index (χ1) is 9.49. The average molecular weight is 282 g/mol. The van der Waals surface area contributed by atoms with Crippen LogP contribution in [0.25, 0.3) is 0 Å². The molecule has 1 aromatic rings. The summed E-state index contributed by atoms with van der Waals surface area (Å²) in [6.45, 7) is 0.791. The lowest BCUT2D eigenvalue weighted by atomic mass is 10.1. The van der Waals surface area contributed by atoms with Crippen LogP contribution < -0.4 is 5.32 Å². The van der Waals surface area contributed by atoms with Crippen molar-refractivity contribution in [2.24, 2.45) is 0 Å². The van der Waals surface area contributed by atoms with E-state index < -0.39 is 37.1 Å². The van der Waals surface area contributed by atoms with Crippen LogP contribution in [0.3, 0.4) is 0 Å². The lowest BCUT2D eigenvalue weighted by Crippen LogP contribution is -2.33. The highest BCUT2D eigenvalue weighted by Gasteiger charge is 2.44. The highest BCUT2D eigenvalue weighted by Crippen LogP contribution is 2.32. The molecule has 0 saturated carbocycles. The molecular formula is C11H14N4O5. The van der Waals surface area contributed by atoms with Gasteiger partial charge in [0, 0.05) is 6.92 Å². The van der Waals surface area contributed by atoms with Crippen molar-refractivity contribution in [3.8, 4) is 6.07 Å². The molecule has 1 amide bonds. The number of rotatable bonds is 3. The van der Waals surface area contributed by atoms with Crippen molar-refractivity contribution in [2.75, 3.05) is 11.9 Å². The standard InChI is InChI=1S/C11H14N4O5/c1-5(17)14-10-6(2-12)13-4-15(10)11-9(19)8(18)7(3-16)20-11/h4,7-9,11,16,18-19H,3H2,1H3,(H,14,17). The summed E-state index contributed by atoms with van der Waals surface area (Å²) in [4.78, 5) is 15.0. The lowest BCUT2D eigenvalue weighted by Gasteiger charge is -2.18. The van der Waals surface area contributed by atoms with Gasteiger partial charge in [0.2, 0.25) is 5.91 Å². The maximum Gasteiger partial charge on any atom is 0.222 e. The fourth-order valence-corrected chi connectivity index (χ4v) is 2.04. The topological polar surface area (TPSA) is 141 Å². The minimum atomic E-state index is -1.32. The van der Waals surface area contributed by atoms with Crippen molar-refractivity contribution in [3.05, 3.63) is 12.0 Å². The van der Waals surface area contributed by atoms with Gasteiger partial charge in [-0.2, -0.15) is 5.26 Å². The summed E-state index contributed by atoms with van der Waals surface area (Å²) in [6.07, 6.45) is -3.39. The number of carbonyl (C=O) groups is 1. The number of anilines is 1. The van der Waals surface area contributed by atoms with Gasteiger partial charge in [0.05, 0.1) is 6.61 Å². The highest BCUT2D eigenvalue weighted by atomic mass is 16.6. The van der Waals surface area contributed by atoms with Gasteiger partial charge < -0.3 is 25.4 Å². The quantitative estimate of drug-likeness (QED) is 0.519. The van der Waals surface area contributed by atoms with Crippen LogP contribution in [-0.4, -0.2) is 55.7 Å². The minimum absolute atomic E-state index is 0.0436. The number of nitriles is 1. The molecule has 9 nitrogen and oxygen atoms in total. The summed E-state index contributed by atoms with van der Waals surface area (Å²) >= 11 is 0. The second-order valence-electron chi connectivity index (χ2n) is 4.37. The van der Waals surface area contributed by atoms with Gasteiger partial charge in [0.25, 0.3) is 0 Å². The summed E-state index contributed by atoms with van der Waals surface area (Å²) in [6, 6.07) is 1.80. The van der Waals surface area contributed by atoms with Gasteiger partial charge in [0.1, 0.15) is 30.7 Å². The maximum atomic E-state index is 11.2. The van der Waals surface area contributed by atoms with Crippen LogP contribution in [0.1, 0.15) is 18.8 Å². The third-order valence-corrected chi connectivity index (χ3v) is 2.99. The predicted molar refractivity (Wildman–Crippen MR) is 64.3 cm³/mol. The largest absolute Gasteiger partial charge is 0.394 e. The Morgan fingerprint density at radius 1 is 1.60 bits per heavy atom. The van der Waals surface area contributed by atoms with Gasteiger partial charge in [-0.25, -0.2) is 4.98 Å². The molecule has 0 bridgehead atoms. The monoisotopic (exact) mass is 282 g/mol. The zero-order chi connectivity index (χ0) is 14.9. The Morgan fingerprint density at radius 3 is 2.80 bits per heavy atom. The molecule has 108 valence electrons. The van der Waals surface area contributed by atoms with E-state index in [1.807, 2.05) is 0 Å². The third-order valence-electron chi connectivity index (χ3n) is 2.99. The van der Waals surface area contributed by atoms with Crippen LogP contribution in [0.15, 0.2) is 6.33 Å². The Bertz CT molecular complexity index is 551. The number of imidazole rings is 1. The van der Waals surface area contributed by atoms with Gasteiger partial charge in [-0.15, -0.1) is 0 Å². The number of hydrogen-bond acceptors (Lipinski definition) is 7. The summed E-state index contributed by atoms with van der Waals surface area (Å²) < 4.78 is 6.55. The molecule has 0 aliphatic carbocycles. The van der Waals surface area contributed by atoms with Crippen LogP contribution in [-0.2, 0) is 9.53 Å². The van der Waals surface area contributed by atoms with Gasteiger partial charge in [-0.1, -0.05) is 0 Å². The Balaban J connectivity index is 2.36. The summed E-state index contributed by atoms with van der Waals surface area (Å²) in [5.41, 5.74) is -0.0436. The van der Waals surface area contributed by atoms with Crippen LogP contribution >= 0.6 is 0 Å². The van der Waals surface area contributed by atoms with E-state index in [0.29, 0.717) is 0 Å². The van der Waals surface area contributed by atoms with Gasteiger partial charge in [-0.05, 0) is 0 Å². The van der Waals surface area contributed by atoms with Crippen molar-refractivity contribution in [1.82, 2.24) is 9.55 Å². The van der Waals surface area contributed by atoms with E-state index in [1.165, 1.54) is 17.8 Å². The van der Waals surface area contributed by atoms with Crippen molar-refractivity contribution >= 4 is 11.7 Å². The second kappa shape index (κ2) is 5.56. The fourth-order valence-electron chi connectivity index (χ4n) is 2.04. The van der Waals surface area contributed by atoms with E-state index in [4.69, 9.17) is 15.1 Å². The summed E-state index contributed by atoms with van der Waals surface area (Å²) in [5.74, 6) is -0.357. The van der Waals surface area contributed by atoms with E-state index in [2.05, 4.69) is 10.3 Å². The van der Waals surface area contributed by atoms with Crippen molar-refractivity contribution in [1.29, 1.82) is 5.26 Å². The van der Waals surface area contributed by atoms with Crippen LogP contribution in [0, 0.1) is 11.3 Å². The second-order valence-corrected chi connectivity index (χ2v) is 4.37. The first-order valence-electron chi connectivity index (χ1n) is 5.86. The molecule has 4 unspecified atom stereocenters. The van der Waals surface area contributed by atoms with Gasteiger partial charge >= 0.3 is 0 Å². The molecule has 1 fully saturated rings. The number of aromatic nitrogens is 2. The third kappa shape index (κ3) is 2.37. The number of carbonyl (C=O) groups excluding carboxylic acids is 1. The number of nitrogens with zero attached hydrogens (tertiary/aromatic N) is 3. The van der Waals surface area contributed by atoms with E-state index in [0.717, 1.165) is 0 Å². The number of aliphatic hydroxyl groups excluding tert-OH is 3. The zero-order valence-corrected chi connectivity index (χ0v) is 10.6. The molecule has 4 N–H and O–H groups in total. The lowest BCUT2D eigenvalue weighted by molar-refractivity contribution is -0.114. The van der Waals surface area contributed by atoms with E-state index in [-0.39, 0.29) is 11.5 Å². The Kier molecular flexibility index (Phi) is 4.01. The average Bonchev–Trinajstić information content (AvgIpc) is 2.92. The molecule has 1 aliphatic heterocycles. The number of nitrogens with one attached hydrogen (secondary N) is 1. The molecule has 1 aromatic heterocycles. The Morgan fingerprint density at radius 2 is 2.30 bits per heavy atom. The molecule has 0 radical (unpaired) electrons. The van der Waals surface area contributed by atoms with E-state index in [9.17, 15) is 15.0 Å².